The largest absolute Gasteiger partial charge is 0.394 e. The van der Waals surface area contributed by atoms with Crippen molar-refractivity contribution in [2.45, 2.75) is 13.0 Å². The van der Waals surface area contributed by atoms with Crippen LogP contribution in [0.15, 0.2) is 107 Å². The third-order valence-corrected chi connectivity index (χ3v) is 9.93. The van der Waals surface area contributed by atoms with Gasteiger partial charge >= 0.3 is 0 Å². The summed E-state index contributed by atoms with van der Waals surface area (Å²) in [7, 11) is 1.69. The number of aromatic nitrogens is 7. The molecular formula is C39H32BrCl2FN10O4. The average Bonchev–Trinajstić information content (AvgIpc) is 3.84. The summed E-state index contributed by atoms with van der Waals surface area (Å²) in [6, 6.07) is 23.3. The molecule has 0 aliphatic heterocycles. The molecule has 0 radical (unpaired) electrons. The van der Waals surface area contributed by atoms with Gasteiger partial charge in [-0.25, -0.2) is 29.8 Å². The van der Waals surface area contributed by atoms with E-state index in [1.54, 1.807) is 46.8 Å². The number of fused-ring (bicyclic) bond motifs is 3. The van der Waals surface area contributed by atoms with Crippen molar-refractivity contribution in [3.63, 3.8) is 0 Å². The normalized spacial score (nSPS) is 11.7. The van der Waals surface area contributed by atoms with Gasteiger partial charge in [0.25, 0.3) is 11.5 Å². The van der Waals surface area contributed by atoms with Gasteiger partial charge in [-0.15, -0.1) is 0 Å². The molecule has 1 unspecified atom stereocenters. The summed E-state index contributed by atoms with van der Waals surface area (Å²) >= 11 is 15.9. The Kier molecular flexibility index (Phi) is 11.8. The first-order chi connectivity index (χ1) is 27.5. The van der Waals surface area contributed by atoms with Crippen LogP contribution in [0, 0.1) is 5.82 Å². The number of amides is 1. The number of para-hydroxylation sites is 1. The number of aromatic amines is 1. The number of hydrogen-bond donors (Lipinski definition) is 5. The fraction of sp³-hybridized carbons (Fsp3) is 0.128. The number of H-pyrrole nitrogens is 1. The Morgan fingerprint density at radius 2 is 1.82 bits per heavy atom. The van der Waals surface area contributed by atoms with E-state index in [4.69, 9.17) is 33.1 Å². The first-order valence-corrected chi connectivity index (χ1v) is 18.8. The number of carbonyl (C=O) groups is 1. The number of imidazole rings is 2. The van der Waals surface area contributed by atoms with Crippen LogP contribution in [0.25, 0.3) is 38.7 Å². The molecular weight excluding hydrogens is 842 g/mol. The fourth-order valence-electron chi connectivity index (χ4n) is 6.12. The number of aliphatic hydroxyl groups is 1. The van der Waals surface area contributed by atoms with Crippen LogP contribution in [0.5, 0.6) is 0 Å². The van der Waals surface area contributed by atoms with Gasteiger partial charge in [0.2, 0.25) is 0 Å². The molecule has 8 aromatic rings. The number of aliphatic hydroxyl groups excluding tert-OH is 1. The number of pyridine rings is 1. The molecule has 290 valence electrons. The van der Waals surface area contributed by atoms with Crippen LogP contribution in [0.2, 0.25) is 10.0 Å². The Morgan fingerprint density at radius 1 is 1.02 bits per heavy atom. The van der Waals surface area contributed by atoms with E-state index in [-0.39, 0.29) is 41.6 Å². The van der Waals surface area contributed by atoms with Crippen molar-refractivity contribution in [1.29, 1.82) is 0 Å². The summed E-state index contributed by atoms with van der Waals surface area (Å²) < 4.78 is 19.2. The van der Waals surface area contributed by atoms with Crippen LogP contribution < -0.4 is 21.7 Å². The van der Waals surface area contributed by atoms with Gasteiger partial charge < -0.3 is 25.3 Å². The molecule has 14 nitrogen and oxygen atoms in total. The molecule has 4 aromatic carbocycles. The molecule has 8 rings (SSSR count). The highest BCUT2D eigenvalue weighted by atomic mass is 79.9. The van der Waals surface area contributed by atoms with Crippen LogP contribution in [0.1, 0.15) is 29.0 Å². The number of carbonyl (C=O) groups excluding carboxylic acids is 1. The number of anilines is 3. The summed E-state index contributed by atoms with van der Waals surface area (Å²) in [6.07, 6.45) is 4.49. The number of rotatable bonds is 10. The van der Waals surface area contributed by atoms with Gasteiger partial charge in [-0.3, -0.25) is 19.0 Å². The Bertz CT molecular complexity index is 2820. The van der Waals surface area contributed by atoms with Crippen molar-refractivity contribution in [1.82, 2.24) is 39.5 Å². The zero-order chi connectivity index (χ0) is 40.2. The van der Waals surface area contributed by atoms with Crippen LogP contribution in [-0.2, 0) is 11.9 Å². The highest BCUT2D eigenvalue weighted by Crippen LogP contribution is 2.34. The van der Waals surface area contributed by atoms with Gasteiger partial charge in [0.1, 0.15) is 17.4 Å². The molecule has 0 fully saturated rings. The number of benzene rings is 4. The summed E-state index contributed by atoms with van der Waals surface area (Å²) in [4.78, 5) is 50.6. The number of halogens is 4. The summed E-state index contributed by atoms with van der Waals surface area (Å²) in [5, 5.41) is 17.1. The number of hydroxylamine groups is 1. The monoisotopic (exact) mass is 872 g/mol. The maximum Gasteiger partial charge on any atom is 0.277 e. The van der Waals surface area contributed by atoms with Gasteiger partial charge in [0.05, 0.1) is 69.8 Å². The molecule has 0 saturated heterocycles. The second-order valence-electron chi connectivity index (χ2n) is 12.5. The Balaban J connectivity index is 0.000000175. The predicted molar refractivity (Wildman–Crippen MR) is 222 cm³/mol. The smallest absolute Gasteiger partial charge is 0.277 e. The van der Waals surface area contributed by atoms with Crippen molar-refractivity contribution in [3.05, 3.63) is 140 Å². The van der Waals surface area contributed by atoms with E-state index in [9.17, 15) is 9.59 Å². The van der Waals surface area contributed by atoms with Crippen molar-refractivity contribution >= 4 is 95.2 Å². The van der Waals surface area contributed by atoms with E-state index in [2.05, 4.69) is 57.0 Å². The number of nitrogens with one attached hydrogen (secondary N) is 4. The molecule has 5 N–H and O–H groups in total. The van der Waals surface area contributed by atoms with Crippen molar-refractivity contribution < 1.29 is 19.1 Å². The second-order valence-corrected chi connectivity index (χ2v) is 14.3. The van der Waals surface area contributed by atoms with Crippen molar-refractivity contribution in [2.24, 2.45) is 7.05 Å². The molecule has 18 heteroatoms. The zero-order valence-corrected chi connectivity index (χ0v) is 33.2. The van der Waals surface area contributed by atoms with E-state index in [1.807, 2.05) is 55.5 Å². The average molecular weight is 875 g/mol. The molecule has 0 bridgehead atoms. The van der Waals surface area contributed by atoms with E-state index < -0.39 is 11.7 Å². The van der Waals surface area contributed by atoms with E-state index in [0.717, 1.165) is 21.2 Å². The quantitative estimate of drug-likeness (QED) is 0.0669. The third kappa shape index (κ3) is 8.17. The first-order valence-electron chi connectivity index (χ1n) is 17.2. The number of nitrogens with zero attached hydrogens (tertiary/aromatic N) is 6. The van der Waals surface area contributed by atoms with E-state index in [1.165, 1.54) is 18.7 Å². The molecule has 0 saturated carbocycles. The topological polar surface area (TPSA) is 177 Å². The molecule has 0 spiro atoms. The van der Waals surface area contributed by atoms with E-state index in [0.29, 0.717) is 43.6 Å². The Hall–Kier alpha value is -5.91. The molecule has 4 heterocycles. The van der Waals surface area contributed by atoms with Crippen molar-refractivity contribution in [3.8, 4) is 5.69 Å². The molecule has 0 aliphatic rings. The minimum atomic E-state index is -0.695. The lowest BCUT2D eigenvalue weighted by molar-refractivity contribution is 0.0169. The second kappa shape index (κ2) is 17.1. The van der Waals surface area contributed by atoms with Gasteiger partial charge in [-0.05, 0) is 60.8 Å². The molecule has 0 aliphatic carbocycles. The lowest BCUT2D eigenvalue weighted by atomic mass is 10.1. The Labute approximate surface area is 341 Å². The van der Waals surface area contributed by atoms with E-state index >= 15 is 4.39 Å². The number of aryl methyl sites for hydroxylation is 1. The first kappa shape index (κ1) is 39.3. The molecule has 57 heavy (non-hydrogen) atoms. The van der Waals surface area contributed by atoms with Crippen molar-refractivity contribution in [2.75, 3.05) is 23.8 Å². The van der Waals surface area contributed by atoms with Gasteiger partial charge in [0, 0.05) is 22.9 Å². The predicted octanol–water partition coefficient (Wildman–Crippen LogP) is 8.01. The van der Waals surface area contributed by atoms with Gasteiger partial charge in [-0.2, -0.15) is 0 Å². The lowest BCUT2D eigenvalue weighted by Crippen LogP contribution is -2.26. The molecule has 1 atom stereocenters. The summed E-state index contributed by atoms with van der Waals surface area (Å²) in [5.74, 6) is -0.760. The Morgan fingerprint density at radius 3 is 2.60 bits per heavy atom. The van der Waals surface area contributed by atoms with Gasteiger partial charge in [0.15, 0.2) is 17.3 Å². The maximum absolute atomic E-state index is 15.1. The zero-order valence-electron chi connectivity index (χ0n) is 30.1. The maximum atomic E-state index is 15.1. The minimum Gasteiger partial charge on any atom is -0.394 e. The highest BCUT2D eigenvalue weighted by molar-refractivity contribution is 9.10. The van der Waals surface area contributed by atoms with Crippen LogP contribution >= 0.6 is 39.1 Å². The molecule has 1 amide bonds. The SMILES string of the molecule is CC(Nc1ncnc2nc[nH]c12)c1cc2cccc(Cl)c2c(=O)n1-c1ccccc1.Cn1cnc2c(F)c(Nc3ccc(Br)cc3Cl)c(C(=O)NOCCO)cc21. The highest BCUT2D eigenvalue weighted by Gasteiger charge is 2.23. The standard InChI is InChI=1S/C22H17ClN6O.C17H15BrClFN4O3/c1-13(28-21-19-20(25-11-24-19)26-12-27-21)17-10-14-6-5-9-16(23)18(14)22(30)29(17)15-7-3-2-4-8-15;1-24-8-21-16-13(24)7-10(17(26)23-27-5-4-25)15(14(16)20)22-12-3-2-9(18)6-11(12)19/h2-13H,1H3,(H2,24,25,26,27,28);2-3,6-8,22,25H,4-5H2,1H3,(H,23,26). The number of hydrogen-bond acceptors (Lipinski definition) is 10. The lowest BCUT2D eigenvalue weighted by Gasteiger charge is -2.21. The van der Waals surface area contributed by atoms with Gasteiger partial charge in [-0.1, -0.05) is 69.5 Å². The third-order valence-electron chi connectivity index (χ3n) is 8.81. The summed E-state index contributed by atoms with van der Waals surface area (Å²) in [6.45, 7) is 1.62. The minimum absolute atomic E-state index is 0.000486. The van der Waals surface area contributed by atoms with Crippen LogP contribution in [-0.4, -0.2) is 58.3 Å². The van der Waals surface area contributed by atoms with Crippen LogP contribution in [0.3, 0.4) is 0 Å². The van der Waals surface area contributed by atoms with Crippen LogP contribution in [0.4, 0.5) is 21.6 Å². The molecule has 4 aromatic heterocycles. The fourth-order valence-corrected chi connectivity index (χ4v) is 7.11. The summed E-state index contributed by atoms with van der Waals surface area (Å²) in [5.41, 5.74) is 5.73.